The Bertz CT molecular complexity index is 294. The molecular formula is C16H34N4O. The normalized spacial score (nSPS) is 20.2. The summed E-state index contributed by atoms with van der Waals surface area (Å²) in [7, 11) is 1.83. The van der Waals surface area contributed by atoms with Crippen LogP contribution in [0.15, 0.2) is 4.99 Å². The number of rotatable bonds is 9. The minimum Gasteiger partial charge on any atom is -0.382 e. The molecule has 21 heavy (non-hydrogen) atoms. The quantitative estimate of drug-likeness (QED) is 0.386. The first kappa shape index (κ1) is 18.2. The number of ether oxygens (including phenoxy) is 1. The monoisotopic (exact) mass is 298 g/mol. The SMILES string of the molecule is CCOCCCNC(=NC)NC[C@H]1CCCN1CC(C)C. The van der Waals surface area contributed by atoms with Crippen LogP contribution < -0.4 is 10.6 Å². The van der Waals surface area contributed by atoms with Crippen molar-refractivity contribution in [2.75, 3.05) is 46.4 Å². The van der Waals surface area contributed by atoms with Gasteiger partial charge in [-0.3, -0.25) is 9.89 Å². The third-order valence-electron chi connectivity index (χ3n) is 3.79. The molecule has 2 N–H and O–H groups in total. The molecule has 5 nitrogen and oxygen atoms in total. The first-order chi connectivity index (χ1) is 10.2. The van der Waals surface area contributed by atoms with Gasteiger partial charge in [-0.1, -0.05) is 13.8 Å². The molecule has 5 heteroatoms. The van der Waals surface area contributed by atoms with Crippen molar-refractivity contribution in [3.05, 3.63) is 0 Å². The summed E-state index contributed by atoms with van der Waals surface area (Å²) in [6.45, 7) is 12.5. The average Bonchev–Trinajstić information content (AvgIpc) is 2.88. The van der Waals surface area contributed by atoms with Crippen molar-refractivity contribution in [3.8, 4) is 0 Å². The summed E-state index contributed by atoms with van der Waals surface area (Å²) in [6, 6.07) is 0.648. The molecule has 0 bridgehead atoms. The molecule has 1 aliphatic rings. The minimum atomic E-state index is 0.648. The number of likely N-dealkylation sites (tertiary alicyclic amines) is 1. The molecule has 0 saturated carbocycles. The Hall–Kier alpha value is -0.810. The van der Waals surface area contributed by atoms with Crippen molar-refractivity contribution in [2.45, 2.75) is 46.1 Å². The van der Waals surface area contributed by atoms with Crippen LogP contribution in [0.2, 0.25) is 0 Å². The molecule has 0 aliphatic carbocycles. The van der Waals surface area contributed by atoms with Crippen molar-refractivity contribution < 1.29 is 4.74 Å². The second kappa shape index (κ2) is 10.9. The first-order valence-electron chi connectivity index (χ1n) is 8.43. The number of hydrogen-bond acceptors (Lipinski definition) is 3. The van der Waals surface area contributed by atoms with Crippen molar-refractivity contribution in [1.82, 2.24) is 15.5 Å². The molecular weight excluding hydrogens is 264 g/mol. The van der Waals surface area contributed by atoms with E-state index in [0.29, 0.717) is 6.04 Å². The maximum Gasteiger partial charge on any atom is 0.191 e. The van der Waals surface area contributed by atoms with Gasteiger partial charge >= 0.3 is 0 Å². The summed E-state index contributed by atoms with van der Waals surface area (Å²) in [5.74, 6) is 1.64. The molecule has 1 saturated heterocycles. The number of nitrogens with zero attached hydrogens (tertiary/aromatic N) is 2. The molecule has 0 unspecified atom stereocenters. The summed E-state index contributed by atoms with van der Waals surface area (Å²) >= 11 is 0. The van der Waals surface area contributed by atoms with Crippen LogP contribution in [0.3, 0.4) is 0 Å². The summed E-state index contributed by atoms with van der Waals surface area (Å²) < 4.78 is 5.33. The van der Waals surface area contributed by atoms with E-state index in [0.717, 1.165) is 44.6 Å². The summed E-state index contributed by atoms with van der Waals surface area (Å²) in [5, 5.41) is 6.81. The lowest BCUT2D eigenvalue weighted by molar-refractivity contribution is 0.145. The molecule has 1 aliphatic heterocycles. The first-order valence-corrected chi connectivity index (χ1v) is 8.43. The van der Waals surface area contributed by atoms with E-state index in [9.17, 15) is 0 Å². The van der Waals surface area contributed by atoms with Crippen molar-refractivity contribution in [2.24, 2.45) is 10.9 Å². The van der Waals surface area contributed by atoms with E-state index in [1.54, 1.807) is 0 Å². The highest BCUT2D eigenvalue weighted by atomic mass is 16.5. The van der Waals surface area contributed by atoms with Crippen LogP contribution in [0.1, 0.15) is 40.0 Å². The topological polar surface area (TPSA) is 48.9 Å². The van der Waals surface area contributed by atoms with Gasteiger partial charge in [0.05, 0.1) is 0 Å². The standard InChI is InChI=1S/C16H34N4O/c1-5-21-11-7-9-18-16(17-4)19-12-15-8-6-10-20(15)13-14(2)3/h14-15H,5-13H2,1-4H3,(H2,17,18,19)/t15-/m1/s1. The fraction of sp³-hybridized carbons (Fsp3) is 0.938. The van der Waals surface area contributed by atoms with E-state index in [1.165, 1.54) is 25.9 Å². The van der Waals surface area contributed by atoms with E-state index < -0.39 is 0 Å². The van der Waals surface area contributed by atoms with Gasteiger partial charge in [-0.2, -0.15) is 0 Å². The fourth-order valence-electron chi connectivity index (χ4n) is 2.80. The fourth-order valence-corrected chi connectivity index (χ4v) is 2.80. The third kappa shape index (κ3) is 7.67. The van der Waals surface area contributed by atoms with E-state index in [2.05, 4.69) is 34.4 Å². The molecule has 124 valence electrons. The molecule has 1 fully saturated rings. The molecule has 0 aromatic carbocycles. The van der Waals surface area contributed by atoms with Gasteiger partial charge in [0.15, 0.2) is 5.96 Å². The van der Waals surface area contributed by atoms with Gasteiger partial charge in [-0.15, -0.1) is 0 Å². The third-order valence-corrected chi connectivity index (χ3v) is 3.79. The zero-order chi connectivity index (χ0) is 15.5. The Kier molecular flexibility index (Phi) is 9.42. The summed E-state index contributed by atoms with van der Waals surface area (Å²) in [5.41, 5.74) is 0. The summed E-state index contributed by atoms with van der Waals surface area (Å²) in [6.07, 6.45) is 3.62. The van der Waals surface area contributed by atoms with Crippen LogP contribution in [0.25, 0.3) is 0 Å². The maximum absolute atomic E-state index is 5.33. The maximum atomic E-state index is 5.33. The highest BCUT2D eigenvalue weighted by molar-refractivity contribution is 5.79. The van der Waals surface area contributed by atoms with E-state index in [4.69, 9.17) is 4.74 Å². The van der Waals surface area contributed by atoms with Crippen molar-refractivity contribution in [1.29, 1.82) is 0 Å². The molecule has 1 atom stereocenters. The minimum absolute atomic E-state index is 0.648. The molecule has 0 spiro atoms. The predicted molar refractivity (Wildman–Crippen MR) is 89.9 cm³/mol. The van der Waals surface area contributed by atoms with E-state index in [-0.39, 0.29) is 0 Å². The largest absolute Gasteiger partial charge is 0.382 e. The van der Waals surface area contributed by atoms with Crippen LogP contribution in [0.4, 0.5) is 0 Å². The lowest BCUT2D eigenvalue weighted by Gasteiger charge is -2.27. The Morgan fingerprint density at radius 1 is 1.38 bits per heavy atom. The molecule has 0 aromatic rings. The van der Waals surface area contributed by atoms with Crippen molar-refractivity contribution >= 4 is 5.96 Å². The van der Waals surface area contributed by atoms with Gasteiger partial charge in [-0.25, -0.2) is 0 Å². The van der Waals surface area contributed by atoms with Crippen LogP contribution in [0.5, 0.6) is 0 Å². The number of hydrogen-bond donors (Lipinski definition) is 2. The molecule has 0 amide bonds. The second-order valence-electron chi connectivity index (χ2n) is 6.12. The zero-order valence-corrected chi connectivity index (χ0v) is 14.3. The molecule has 0 aromatic heterocycles. The van der Waals surface area contributed by atoms with Gasteiger partial charge in [0, 0.05) is 45.9 Å². The molecule has 1 rings (SSSR count). The van der Waals surface area contributed by atoms with Crippen LogP contribution >= 0.6 is 0 Å². The van der Waals surface area contributed by atoms with Crippen LogP contribution in [-0.2, 0) is 4.74 Å². The van der Waals surface area contributed by atoms with Gasteiger partial charge in [0.25, 0.3) is 0 Å². The lowest BCUT2D eigenvalue weighted by atomic mass is 10.1. The van der Waals surface area contributed by atoms with Gasteiger partial charge in [0.2, 0.25) is 0 Å². The highest BCUT2D eigenvalue weighted by Gasteiger charge is 2.24. The Morgan fingerprint density at radius 3 is 2.86 bits per heavy atom. The van der Waals surface area contributed by atoms with E-state index >= 15 is 0 Å². The predicted octanol–water partition coefficient (Wildman–Crippen LogP) is 1.70. The lowest BCUT2D eigenvalue weighted by Crippen LogP contribution is -2.45. The smallest absolute Gasteiger partial charge is 0.191 e. The number of aliphatic imine (C=N–C) groups is 1. The molecule has 1 heterocycles. The zero-order valence-electron chi connectivity index (χ0n) is 14.3. The van der Waals surface area contributed by atoms with E-state index in [1.807, 2.05) is 14.0 Å². The van der Waals surface area contributed by atoms with Crippen LogP contribution in [0, 0.1) is 5.92 Å². The average molecular weight is 298 g/mol. The Balaban J connectivity index is 2.21. The second-order valence-corrected chi connectivity index (χ2v) is 6.12. The number of nitrogens with one attached hydrogen (secondary N) is 2. The van der Waals surface area contributed by atoms with Gasteiger partial charge in [0.1, 0.15) is 0 Å². The molecule has 0 radical (unpaired) electrons. The van der Waals surface area contributed by atoms with Crippen LogP contribution in [-0.4, -0.2) is 63.3 Å². The van der Waals surface area contributed by atoms with Gasteiger partial charge < -0.3 is 15.4 Å². The van der Waals surface area contributed by atoms with Crippen molar-refractivity contribution in [3.63, 3.8) is 0 Å². The highest BCUT2D eigenvalue weighted by Crippen LogP contribution is 2.17. The Labute approximate surface area is 130 Å². The Morgan fingerprint density at radius 2 is 2.19 bits per heavy atom. The summed E-state index contributed by atoms with van der Waals surface area (Å²) in [4.78, 5) is 6.90. The number of guanidine groups is 1. The van der Waals surface area contributed by atoms with Gasteiger partial charge in [-0.05, 0) is 38.6 Å².